The summed E-state index contributed by atoms with van der Waals surface area (Å²) in [6, 6.07) is 0. The van der Waals surface area contributed by atoms with E-state index in [4.69, 9.17) is 4.52 Å². The molecule has 0 bridgehead atoms. The molecule has 0 unspecified atom stereocenters. The van der Waals surface area contributed by atoms with E-state index < -0.39 is 0 Å². The number of aryl methyl sites for hydroxylation is 2. The number of allylic oxidation sites excluding steroid dienone is 2. The second-order valence-corrected chi connectivity index (χ2v) is 8.15. The third-order valence-electron chi connectivity index (χ3n) is 6.17. The Hall–Kier alpha value is -1.94. The molecule has 2 aromatic rings. The first-order valence-corrected chi connectivity index (χ1v) is 9.51. The molecule has 1 spiro atoms. The van der Waals surface area contributed by atoms with Crippen LogP contribution < -0.4 is 5.32 Å². The molecule has 0 atom stereocenters. The molecule has 5 rings (SSSR count). The lowest BCUT2D eigenvalue weighted by Crippen LogP contribution is -2.39. The first-order valence-electron chi connectivity index (χ1n) is 9.51. The van der Waals surface area contributed by atoms with Crippen molar-refractivity contribution in [1.82, 2.24) is 15.5 Å². The van der Waals surface area contributed by atoms with E-state index in [0.29, 0.717) is 11.3 Å². The van der Waals surface area contributed by atoms with E-state index in [-0.39, 0.29) is 0 Å². The Labute approximate surface area is 148 Å². The second kappa shape index (κ2) is 5.53. The van der Waals surface area contributed by atoms with E-state index in [1.807, 2.05) is 12.4 Å². The summed E-state index contributed by atoms with van der Waals surface area (Å²) in [5, 5.41) is 8.03. The highest BCUT2D eigenvalue weighted by molar-refractivity contribution is 5.85. The van der Waals surface area contributed by atoms with Crippen LogP contribution in [0.25, 0.3) is 16.8 Å². The zero-order valence-corrected chi connectivity index (χ0v) is 15.1. The van der Waals surface area contributed by atoms with Crippen LogP contribution in [0.15, 0.2) is 23.0 Å². The molecule has 1 saturated carbocycles. The molecule has 3 aliphatic rings. The lowest BCUT2D eigenvalue weighted by Gasteiger charge is -2.43. The van der Waals surface area contributed by atoms with Crippen molar-refractivity contribution < 1.29 is 4.52 Å². The SMILES string of the molecule is Cc1cncc(C)c1-c1noc(C2CC2)c1C1=CC2(CCNCC2)C1. The van der Waals surface area contributed by atoms with Crippen molar-refractivity contribution in [1.29, 1.82) is 0 Å². The van der Waals surface area contributed by atoms with Crippen LogP contribution >= 0.6 is 0 Å². The van der Waals surface area contributed by atoms with Crippen molar-refractivity contribution in [3.8, 4) is 11.3 Å². The predicted molar refractivity (Wildman–Crippen MR) is 98.3 cm³/mol. The average molecular weight is 335 g/mol. The molecule has 2 aromatic heterocycles. The van der Waals surface area contributed by atoms with Crippen LogP contribution in [-0.4, -0.2) is 23.2 Å². The fourth-order valence-corrected chi connectivity index (χ4v) is 4.61. The summed E-state index contributed by atoms with van der Waals surface area (Å²) in [6.07, 6.45) is 12.5. The van der Waals surface area contributed by atoms with Crippen LogP contribution in [0.5, 0.6) is 0 Å². The average Bonchev–Trinajstić information content (AvgIpc) is 3.34. The Morgan fingerprint density at radius 1 is 1.08 bits per heavy atom. The number of aromatic nitrogens is 2. The molecule has 130 valence electrons. The third kappa shape index (κ3) is 2.46. The number of rotatable bonds is 3. The fourth-order valence-electron chi connectivity index (χ4n) is 4.61. The summed E-state index contributed by atoms with van der Waals surface area (Å²) in [4.78, 5) is 4.32. The van der Waals surface area contributed by atoms with Gasteiger partial charge in [-0.25, -0.2) is 0 Å². The van der Waals surface area contributed by atoms with Gasteiger partial charge in [0.25, 0.3) is 0 Å². The molecule has 2 aliphatic carbocycles. The Kier molecular flexibility index (Phi) is 3.39. The summed E-state index contributed by atoms with van der Waals surface area (Å²) in [6.45, 7) is 6.51. The molecule has 4 nitrogen and oxygen atoms in total. The molecule has 2 fully saturated rings. The van der Waals surface area contributed by atoms with Crippen LogP contribution in [0.1, 0.15) is 60.5 Å². The van der Waals surface area contributed by atoms with Crippen LogP contribution in [-0.2, 0) is 0 Å². The maximum absolute atomic E-state index is 5.89. The van der Waals surface area contributed by atoms with E-state index in [9.17, 15) is 0 Å². The summed E-state index contributed by atoms with van der Waals surface area (Å²) < 4.78 is 5.89. The molecule has 1 saturated heterocycles. The van der Waals surface area contributed by atoms with E-state index in [1.165, 1.54) is 59.9 Å². The van der Waals surface area contributed by atoms with Gasteiger partial charge in [-0.05, 0) is 81.2 Å². The lowest BCUT2D eigenvalue weighted by molar-refractivity contribution is 0.257. The van der Waals surface area contributed by atoms with Crippen LogP contribution in [0.2, 0.25) is 0 Å². The van der Waals surface area contributed by atoms with E-state index in [2.05, 4.69) is 35.4 Å². The van der Waals surface area contributed by atoms with Gasteiger partial charge in [-0.1, -0.05) is 11.2 Å². The molecular weight excluding hydrogens is 310 g/mol. The fraction of sp³-hybridized carbons (Fsp3) is 0.524. The highest BCUT2D eigenvalue weighted by Gasteiger charge is 2.42. The first kappa shape index (κ1) is 15.3. The van der Waals surface area contributed by atoms with Gasteiger partial charge in [0.05, 0.1) is 0 Å². The number of nitrogens with one attached hydrogen (secondary N) is 1. The zero-order valence-electron chi connectivity index (χ0n) is 15.1. The van der Waals surface area contributed by atoms with Crippen molar-refractivity contribution >= 4 is 5.57 Å². The van der Waals surface area contributed by atoms with Crippen LogP contribution in [0.3, 0.4) is 0 Å². The smallest absolute Gasteiger partial charge is 0.147 e. The molecule has 3 heterocycles. The molecule has 1 aliphatic heterocycles. The van der Waals surface area contributed by atoms with Gasteiger partial charge in [0.2, 0.25) is 0 Å². The van der Waals surface area contributed by atoms with Crippen molar-refractivity contribution in [3.63, 3.8) is 0 Å². The van der Waals surface area contributed by atoms with Gasteiger partial charge < -0.3 is 9.84 Å². The topological polar surface area (TPSA) is 51.0 Å². The van der Waals surface area contributed by atoms with Crippen LogP contribution in [0, 0.1) is 19.3 Å². The molecule has 4 heteroatoms. The van der Waals surface area contributed by atoms with Gasteiger partial charge in [-0.15, -0.1) is 0 Å². The third-order valence-corrected chi connectivity index (χ3v) is 6.17. The van der Waals surface area contributed by atoms with Crippen molar-refractivity contribution in [2.24, 2.45) is 5.41 Å². The number of pyridine rings is 1. The Balaban J connectivity index is 1.62. The minimum atomic E-state index is 0.415. The molecule has 25 heavy (non-hydrogen) atoms. The Bertz CT molecular complexity index is 834. The van der Waals surface area contributed by atoms with E-state index in [1.54, 1.807) is 0 Å². The zero-order chi connectivity index (χ0) is 17.0. The van der Waals surface area contributed by atoms with Gasteiger partial charge in [0, 0.05) is 29.4 Å². The maximum atomic E-state index is 5.89. The first-order chi connectivity index (χ1) is 12.2. The van der Waals surface area contributed by atoms with E-state index in [0.717, 1.165) is 24.5 Å². The number of piperidine rings is 1. The molecule has 0 amide bonds. The standard InChI is InChI=1S/C21H25N3O/c1-13-11-23-12-14(2)17(13)19-18(20(25-24-19)15-3-4-15)16-9-21(10-16)5-7-22-8-6-21/h9,11-12,15,22H,3-8,10H2,1-2H3. The van der Waals surface area contributed by atoms with Gasteiger partial charge in [-0.3, -0.25) is 4.98 Å². The Morgan fingerprint density at radius 2 is 1.76 bits per heavy atom. The number of nitrogens with zero attached hydrogens (tertiary/aromatic N) is 2. The highest BCUT2D eigenvalue weighted by Crippen LogP contribution is 2.55. The van der Waals surface area contributed by atoms with Gasteiger partial charge >= 0.3 is 0 Å². The van der Waals surface area contributed by atoms with Gasteiger partial charge in [0.15, 0.2) is 0 Å². The highest BCUT2D eigenvalue weighted by atomic mass is 16.5. The predicted octanol–water partition coefficient (Wildman–Crippen LogP) is 4.39. The number of hydrogen-bond donors (Lipinski definition) is 1. The Morgan fingerprint density at radius 3 is 2.40 bits per heavy atom. The minimum absolute atomic E-state index is 0.415. The summed E-state index contributed by atoms with van der Waals surface area (Å²) in [7, 11) is 0. The maximum Gasteiger partial charge on any atom is 0.147 e. The van der Waals surface area contributed by atoms with E-state index >= 15 is 0 Å². The number of hydrogen-bond acceptors (Lipinski definition) is 4. The second-order valence-electron chi connectivity index (χ2n) is 8.15. The van der Waals surface area contributed by atoms with Gasteiger partial charge in [-0.2, -0.15) is 0 Å². The summed E-state index contributed by atoms with van der Waals surface area (Å²) in [5.41, 5.74) is 7.75. The summed E-state index contributed by atoms with van der Waals surface area (Å²) >= 11 is 0. The van der Waals surface area contributed by atoms with Crippen molar-refractivity contribution in [3.05, 3.63) is 40.9 Å². The minimum Gasteiger partial charge on any atom is -0.360 e. The largest absolute Gasteiger partial charge is 0.360 e. The van der Waals surface area contributed by atoms with Crippen molar-refractivity contribution in [2.45, 2.75) is 51.9 Å². The lowest BCUT2D eigenvalue weighted by atomic mass is 9.63. The molecule has 1 N–H and O–H groups in total. The monoisotopic (exact) mass is 335 g/mol. The summed E-state index contributed by atoms with van der Waals surface area (Å²) in [5.74, 6) is 1.70. The van der Waals surface area contributed by atoms with Gasteiger partial charge in [0.1, 0.15) is 11.5 Å². The molecule has 0 aromatic carbocycles. The normalized spacial score (nSPS) is 21.9. The molecule has 0 radical (unpaired) electrons. The van der Waals surface area contributed by atoms with Crippen molar-refractivity contribution in [2.75, 3.05) is 13.1 Å². The van der Waals surface area contributed by atoms with Crippen LogP contribution in [0.4, 0.5) is 0 Å². The molecular formula is C21H25N3O. The quantitative estimate of drug-likeness (QED) is 0.904.